The average Bonchev–Trinajstić information content (AvgIpc) is 3.20. The summed E-state index contributed by atoms with van der Waals surface area (Å²) in [5.74, 6) is 0.812. The predicted molar refractivity (Wildman–Crippen MR) is 155 cm³/mol. The highest BCUT2D eigenvalue weighted by molar-refractivity contribution is 6.30. The number of halogens is 1. The van der Waals surface area contributed by atoms with Gasteiger partial charge in [-0.3, -0.25) is 9.80 Å². The third-order valence-electron chi connectivity index (χ3n) is 8.46. The Balaban J connectivity index is 1.03. The van der Waals surface area contributed by atoms with Gasteiger partial charge in [-0.05, 0) is 117 Å². The molecule has 198 valence electrons. The van der Waals surface area contributed by atoms with Gasteiger partial charge in [-0.1, -0.05) is 59.2 Å². The number of hydrogen-bond acceptors (Lipinski definition) is 4. The molecule has 0 bridgehead atoms. The monoisotopic (exact) mass is 527 g/mol. The van der Waals surface area contributed by atoms with Gasteiger partial charge in [0.2, 0.25) is 0 Å². The van der Waals surface area contributed by atoms with Gasteiger partial charge in [0.1, 0.15) is 0 Å². The van der Waals surface area contributed by atoms with E-state index in [9.17, 15) is 0 Å². The van der Waals surface area contributed by atoms with E-state index in [4.69, 9.17) is 16.1 Å². The van der Waals surface area contributed by atoms with E-state index in [0.29, 0.717) is 0 Å². The first-order chi connectivity index (χ1) is 18.7. The van der Waals surface area contributed by atoms with Crippen molar-refractivity contribution < 1.29 is 4.52 Å². The van der Waals surface area contributed by atoms with Crippen LogP contribution < -0.4 is 0 Å². The van der Waals surface area contributed by atoms with E-state index < -0.39 is 0 Å². The molecule has 0 spiro atoms. The molecule has 38 heavy (non-hydrogen) atoms. The fourth-order valence-corrected chi connectivity index (χ4v) is 6.57. The lowest BCUT2D eigenvalue weighted by atomic mass is 9.90. The van der Waals surface area contributed by atoms with Crippen molar-refractivity contribution in [2.45, 2.75) is 64.6 Å². The SMILES string of the molecule is Clc1cccc(CN2CCC(CCCc3noc4cc5c(cc34)CN(Cc3ccccc3)CCC5)CC2)c1. The quantitative estimate of drug-likeness (QED) is 0.235. The minimum Gasteiger partial charge on any atom is -0.356 e. The number of likely N-dealkylation sites (tertiary alicyclic amines) is 1. The van der Waals surface area contributed by atoms with Crippen LogP contribution >= 0.6 is 11.6 Å². The van der Waals surface area contributed by atoms with Crippen LogP contribution in [0.25, 0.3) is 11.0 Å². The van der Waals surface area contributed by atoms with Gasteiger partial charge in [0.25, 0.3) is 0 Å². The molecule has 1 aromatic heterocycles. The Bertz CT molecular complexity index is 1340. The Morgan fingerprint density at radius 3 is 2.50 bits per heavy atom. The minimum absolute atomic E-state index is 0.812. The van der Waals surface area contributed by atoms with E-state index >= 15 is 0 Å². The summed E-state index contributed by atoms with van der Waals surface area (Å²) < 4.78 is 5.82. The van der Waals surface area contributed by atoms with E-state index in [0.717, 1.165) is 61.2 Å². The highest BCUT2D eigenvalue weighted by atomic mass is 35.5. The molecular formula is C33H38ClN3O. The molecular weight excluding hydrogens is 490 g/mol. The molecule has 5 heteroatoms. The van der Waals surface area contributed by atoms with Gasteiger partial charge in [-0.25, -0.2) is 0 Å². The number of aryl methyl sites for hydroxylation is 2. The Morgan fingerprint density at radius 1 is 0.842 bits per heavy atom. The standard InChI is InChI=1S/C33H38ClN3O/c34-30-12-4-10-27(19-30)23-36-17-14-25(15-18-36)9-5-13-32-31-20-29-24-37(22-26-7-2-1-3-8-26)16-6-11-28(29)21-33(31)38-35-32/h1-4,7-8,10,12,19-21,25H,5-6,9,11,13-18,22-24H2. The van der Waals surface area contributed by atoms with E-state index in [1.807, 2.05) is 6.07 Å². The third-order valence-corrected chi connectivity index (χ3v) is 8.69. The van der Waals surface area contributed by atoms with Crippen LogP contribution in [0.4, 0.5) is 0 Å². The Hall–Kier alpha value is -2.66. The van der Waals surface area contributed by atoms with Crippen molar-refractivity contribution in [3.8, 4) is 0 Å². The number of hydrogen-bond donors (Lipinski definition) is 0. The van der Waals surface area contributed by atoms with Crippen LogP contribution in [0.2, 0.25) is 5.02 Å². The Labute approximate surface area is 231 Å². The normalized spacial score (nSPS) is 17.5. The number of rotatable bonds is 8. The van der Waals surface area contributed by atoms with Crippen molar-refractivity contribution in [1.29, 1.82) is 0 Å². The zero-order valence-electron chi connectivity index (χ0n) is 22.2. The lowest BCUT2D eigenvalue weighted by Crippen LogP contribution is -2.33. The molecule has 3 aromatic carbocycles. The maximum absolute atomic E-state index is 6.17. The molecule has 1 fully saturated rings. The maximum atomic E-state index is 6.17. The zero-order valence-corrected chi connectivity index (χ0v) is 23.0. The summed E-state index contributed by atoms with van der Waals surface area (Å²) in [6, 6.07) is 23.8. The summed E-state index contributed by atoms with van der Waals surface area (Å²) in [7, 11) is 0. The number of benzene rings is 3. The van der Waals surface area contributed by atoms with Gasteiger partial charge in [-0.2, -0.15) is 0 Å². The summed E-state index contributed by atoms with van der Waals surface area (Å²) in [6.07, 6.45) is 8.32. The molecule has 4 aromatic rings. The molecule has 0 aliphatic carbocycles. The van der Waals surface area contributed by atoms with Gasteiger partial charge in [0, 0.05) is 30.0 Å². The van der Waals surface area contributed by atoms with Gasteiger partial charge in [0.05, 0.1) is 5.69 Å². The molecule has 0 saturated carbocycles. The van der Waals surface area contributed by atoms with Crippen molar-refractivity contribution >= 4 is 22.6 Å². The lowest BCUT2D eigenvalue weighted by Gasteiger charge is -2.32. The molecule has 0 N–H and O–H groups in total. The average molecular weight is 528 g/mol. The first-order valence-electron chi connectivity index (χ1n) is 14.3. The number of fused-ring (bicyclic) bond motifs is 2. The Morgan fingerprint density at radius 2 is 1.66 bits per heavy atom. The van der Waals surface area contributed by atoms with Gasteiger partial charge < -0.3 is 4.52 Å². The highest BCUT2D eigenvalue weighted by Crippen LogP contribution is 2.30. The number of piperidine rings is 1. The number of aromatic nitrogens is 1. The van der Waals surface area contributed by atoms with E-state index in [1.54, 1.807) is 0 Å². The van der Waals surface area contributed by atoms with Crippen molar-refractivity contribution in [2.24, 2.45) is 5.92 Å². The molecule has 3 heterocycles. The fourth-order valence-electron chi connectivity index (χ4n) is 6.36. The van der Waals surface area contributed by atoms with Gasteiger partial charge in [0.15, 0.2) is 5.58 Å². The predicted octanol–water partition coefficient (Wildman–Crippen LogP) is 7.66. The molecule has 0 amide bonds. The Kier molecular flexibility index (Phi) is 8.10. The van der Waals surface area contributed by atoms with Crippen molar-refractivity contribution in [3.63, 3.8) is 0 Å². The fraction of sp³-hybridized carbons (Fsp3) is 0.424. The molecule has 0 unspecified atom stereocenters. The van der Waals surface area contributed by atoms with Gasteiger partial charge >= 0.3 is 0 Å². The maximum Gasteiger partial charge on any atom is 0.167 e. The number of nitrogens with zero attached hydrogens (tertiary/aromatic N) is 3. The lowest BCUT2D eigenvalue weighted by molar-refractivity contribution is 0.171. The van der Waals surface area contributed by atoms with Crippen LogP contribution in [0.5, 0.6) is 0 Å². The summed E-state index contributed by atoms with van der Waals surface area (Å²) in [5, 5.41) is 6.57. The van der Waals surface area contributed by atoms with Crippen LogP contribution in [-0.4, -0.2) is 34.6 Å². The summed E-state index contributed by atoms with van der Waals surface area (Å²) in [5.41, 5.74) is 7.68. The largest absolute Gasteiger partial charge is 0.356 e. The second-order valence-electron chi connectivity index (χ2n) is 11.3. The minimum atomic E-state index is 0.812. The van der Waals surface area contributed by atoms with Gasteiger partial charge in [-0.15, -0.1) is 0 Å². The molecule has 2 aliphatic heterocycles. The van der Waals surface area contributed by atoms with Crippen molar-refractivity contribution in [1.82, 2.24) is 15.0 Å². The molecule has 2 aliphatic rings. The highest BCUT2D eigenvalue weighted by Gasteiger charge is 2.21. The van der Waals surface area contributed by atoms with Crippen LogP contribution in [0.15, 0.2) is 71.3 Å². The summed E-state index contributed by atoms with van der Waals surface area (Å²) >= 11 is 6.17. The first kappa shape index (κ1) is 25.6. The summed E-state index contributed by atoms with van der Waals surface area (Å²) in [4.78, 5) is 5.15. The molecule has 6 rings (SSSR count). The zero-order chi connectivity index (χ0) is 25.7. The topological polar surface area (TPSA) is 32.5 Å². The second kappa shape index (κ2) is 12.0. The molecule has 0 atom stereocenters. The molecule has 1 saturated heterocycles. The van der Waals surface area contributed by atoms with E-state index in [2.05, 4.69) is 75.6 Å². The van der Waals surface area contributed by atoms with Crippen LogP contribution in [0.3, 0.4) is 0 Å². The van der Waals surface area contributed by atoms with Crippen molar-refractivity contribution in [3.05, 3.63) is 99.7 Å². The summed E-state index contributed by atoms with van der Waals surface area (Å²) in [6.45, 7) is 6.50. The molecule has 4 nitrogen and oxygen atoms in total. The van der Waals surface area contributed by atoms with E-state index in [1.165, 1.54) is 72.8 Å². The molecule has 0 radical (unpaired) electrons. The van der Waals surface area contributed by atoms with Crippen LogP contribution in [0.1, 0.15) is 60.1 Å². The second-order valence-corrected chi connectivity index (χ2v) is 11.7. The van der Waals surface area contributed by atoms with Crippen LogP contribution in [0, 0.1) is 5.92 Å². The third kappa shape index (κ3) is 6.31. The van der Waals surface area contributed by atoms with E-state index in [-0.39, 0.29) is 0 Å². The smallest absolute Gasteiger partial charge is 0.167 e. The first-order valence-corrected chi connectivity index (χ1v) is 14.7. The van der Waals surface area contributed by atoms with Crippen molar-refractivity contribution in [2.75, 3.05) is 19.6 Å². The van der Waals surface area contributed by atoms with Crippen LogP contribution in [-0.2, 0) is 32.5 Å².